The number of nitrogens with one attached hydrogen (secondary N) is 1. The van der Waals surface area contributed by atoms with Crippen molar-refractivity contribution in [1.82, 2.24) is 5.32 Å². The Labute approximate surface area is 120 Å². The van der Waals surface area contributed by atoms with E-state index in [1.807, 2.05) is 6.92 Å². The number of halogens is 3. The van der Waals surface area contributed by atoms with Crippen molar-refractivity contribution in [2.45, 2.75) is 38.6 Å². The maximum Gasteiger partial charge on any atom is 0.414 e. The third kappa shape index (κ3) is 5.63. The van der Waals surface area contributed by atoms with Crippen LogP contribution in [-0.2, 0) is 4.74 Å². The number of amides is 1. The van der Waals surface area contributed by atoms with Gasteiger partial charge in [-0.2, -0.15) is 13.2 Å². The highest BCUT2D eigenvalue weighted by Crippen LogP contribution is 2.28. The predicted octanol–water partition coefficient (Wildman–Crippen LogP) is 3.10. The number of rotatable bonds is 5. The number of carbonyl (C=O) groups is 1. The number of ether oxygens (including phenoxy) is 1. The van der Waals surface area contributed by atoms with Gasteiger partial charge in [0.1, 0.15) is 0 Å². The van der Waals surface area contributed by atoms with Crippen LogP contribution in [0.3, 0.4) is 0 Å². The van der Waals surface area contributed by atoms with Gasteiger partial charge in [-0.15, -0.1) is 0 Å². The number of aryl methyl sites for hydroxylation is 1. The Bertz CT molecular complexity index is 460. The van der Waals surface area contributed by atoms with Crippen molar-refractivity contribution in [2.75, 3.05) is 6.61 Å². The first-order valence-corrected chi connectivity index (χ1v) is 6.48. The van der Waals surface area contributed by atoms with Gasteiger partial charge < -0.3 is 15.2 Å². The molecule has 0 radical (unpaired) electrons. The van der Waals surface area contributed by atoms with E-state index in [4.69, 9.17) is 0 Å². The summed E-state index contributed by atoms with van der Waals surface area (Å²) in [5.74, 6) is 0. The van der Waals surface area contributed by atoms with Gasteiger partial charge in [0.05, 0.1) is 12.6 Å². The normalized spacial score (nSPS) is 14.4. The van der Waals surface area contributed by atoms with Gasteiger partial charge in [-0.1, -0.05) is 29.8 Å². The van der Waals surface area contributed by atoms with Gasteiger partial charge in [-0.25, -0.2) is 4.79 Å². The first-order valence-electron chi connectivity index (χ1n) is 6.48. The fraction of sp³-hybridized carbons (Fsp3) is 0.500. The van der Waals surface area contributed by atoms with Crippen LogP contribution >= 0.6 is 0 Å². The van der Waals surface area contributed by atoms with Crippen LogP contribution in [0.15, 0.2) is 24.3 Å². The van der Waals surface area contributed by atoms with E-state index in [-0.39, 0.29) is 6.61 Å². The number of carbonyl (C=O) groups excluding carboxylic acids is 1. The number of aliphatic hydroxyl groups is 1. The molecule has 4 nitrogen and oxygen atoms in total. The summed E-state index contributed by atoms with van der Waals surface area (Å²) in [6, 6.07) is 5.66. The van der Waals surface area contributed by atoms with Crippen molar-refractivity contribution >= 4 is 6.09 Å². The fourth-order valence-electron chi connectivity index (χ4n) is 1.75. The van der Waals surface area contributed by atoms with Crippen LogP contribution in [0.4, 0.5) is 18.0 Å². The first kappa shape index (κ1) is 17.3. The Morgan fingerprint density at radius 3 is 2.38 bits per heavy atom. The van der Waals surface area contributed by atoms with Crippen molar-refractivity contribution in [3.8, 4) is 0 Å². The molecule has 0 aliphatic carbocycles. The summed E-state index contributed by atoms with van der Waals surface area (Å²) >= 11 is 0. The quantitative estimate of drug-likeness (QED) is 0.879. The second kappa shape index (κ2) is 7.31. The van der Waals surface area contributed by atoms with Crippen molar-refractivity contribution < 1.29 is 27.8 Å². The van der Waals surface area contributed by atoms with E-state index in [9.17, 15) is 23.1 Å². The molecule has 0 spiro atoms. The number of alkyl halides is 3. The average molecular weight is 305 g/mol. The molecule has 0 saturated carbocycles. The first-order chi connectivity index (χ1) is 9.74. The molecule has 0 heterocycles. The SMILES string of the molecule is CCOC(=O)NC(CC(O)C(F)(F)F)c1ccc(C)cc1. The van der Waals surface area contributed by atoms with Gasteiger partial charge in [0, 0.05) is 6.42 Å². The topological polar surface area (TPSA) is 58.6 Å². The molecule has 1 rings (SSSR count). The van der Waals surface area contributed by atoms with Crippen LogP contribution in [0.25, 0.3) is 0 Å². The Kier molecular flexibility index (Phi) is 6.02. The third-order valence-corrected chi connectivity index (χ3v) is 2.88. The highest BCUT2D eigenvalue weighted by atomic mass is 19.4. The molecule has 1 amide bonds. The lowest BCUT2D eigenvalue weighted by molar-refractivity contribution is -0.207. The molecule has 0 aliphatic rings. The Balaban J connectivity index is 2.89. The van der Waals surface area contributed by atoms with Gasteiger partial charge in [0.25, 0.3) is 0 Å². The monoisotopic (exact) mass is 305 g/mol. The molecule has 2 atom stereocenters. The van der Waals surface area contributed by atoms with E-state index in [0.29, 0.717) is 5.56 Å². The van der Waals surface area contributed by atoms with Gasteiger partial charge in [0.15, 0.2) is 6.10 Å². The second-order valence-electron chi connectivity index (χ2n) is 4.62. The zero-order valence-corrected chi connectivity index (χ0v) is 11.8. The molecule has 2 N–H and O–H groups in total. The lowest BCUT2D eigenvalue weighted by Crippen LogP contribution is -2.36. The molecule has 2 unspecified atom stereocenters. The van der Waals surface area contributed by atoms with Gasteiger partial charge in [0.2, 0.25) is 0 Å². The minimum atomic E-state index is -4.74. The molecular weight excluding hydrogens is 287 g/mol. The fourth-order valence-corrected chi connectivity index (χ4v) is 1.75. The second-order valence-corrected chi connectivity index (χ2v) is 4.62. The summed E-state index contributed by atoms with van der Waals surface area (Å²) in [6.45, 7) is 3.53. The lowest BCUT2D eigenvalue weighted by atomic mass is 9.99. The molecule has 7 heteroatoms. The molecule has 0 bridgehead atoms. The summed E-state index contributed by atoms with van der Waals surface area (Å²) in [4.78, 5) is 11.4. The molecule has 0 aliphatic heterocycles. The standard InChI is InChI=1S/C14H18F3NO3/c1-3-21-13(20)18-11(8-12(19)14(15,16)17)10-6-4-9(2)5-7-10/h4-7,11-12,19H,3,8H2,1-2H3,(H,18,20). The smallest absolute Gasteiger partial charge is 0.414 e. The highest BCUT2D eigenvalue weighted by Gasteiger charge is 2.40. The summed E-state index contributed by atoms with van der Waals surface area (Å²) in [5, 5.41) is 11.5. The van der Waals surface area contributed by atoms with Crippen molar-refractivity contribution in [2.24, 2.45) is 0 Å². The van der Waals surface area contributed by atoms with Gasteiger partial charge in [-0.05, 0) is 19.4 Å². The number of alkyl carbamates (subject to hydrolysis) is 1. The van der Waals surface area contributed by atoms with E-state index in [2.05, 4.69) is 10.1 Å². The molecule has 118 valence electrons. The molecule has 0 aromatic heterocycles. The number of aliphatic hydroxyl groups excluding tert-OH is 1. The summed E-state index contributed by atoms with van der Waals surface area (Å²) in [5.41, 5.74) is 1.40. The highest BCUT2D eigenvalue weighted by molar-refractivity contribution is 5.67. The molecule has 1 aromatic carbocycles. The molecular formula is C14H18F3NO3. The van der Waals surface area contributed by atoms with Crippen molar-refractivity contribution in [3.63, 3.8) is 0 Å². The zero-order chi connectivity index (χ0) is 16.0. The molecule has 21 heavy (non-hydrogen) atoms. The molecule has 0 saturated heterocycles. The summed E-state index contributed by atoms with van der Waals surface area (Å²) < 4.78 is 42.1. The minimum Gasteiger partial charge on any atom is -0.450 e. The Morgan fingerprint density at radius 2 is 1.90 bits per heavy atom. The van der Waals surface area contributed by atoms with Gasteiger partial charge >= 0.3 is 12.3 Å². The molecule has 0 fully saturated rings. The number of hydrogen-bond donors (Lipinski definition) is 2. The van der Waals surface area contributed by atoms with Crippen molar-refractivity contribution in [1.29, 1.82) is 0 Å². The van der Waals surface area contributed by atoms with E-state index >= 15 is 0 Å². The van der Waals surface area contributed by atoms with Crippen LogP contribution in [0.5, 0.6) is 0 Å². The maximum atomic E-state index is 12.5. The number of hydrogen-bond acceptors (Lipinski definition) is 3. The van der Waals surface area contributed by atoms with Crippen LogP contribution in [-0.4, -0.2) is 30.1 Å². The van der Waals surface area contributed by atoms with Gasteiger partial charge in [-0.3, -0.25) is 0 Å². The molecule has 1 aromatic rings. The van der Waals surface area contributed by atoms with E-state index < -0.39 is 30.8 Å². The largest absolute Gasteiger partial charge is 0.450 e. The lowest BCUT2D eigenvalue weighted by Gasteiger charge is -2.23. The number of benzene rings is 1. The van der Waals surface area contributed by atoms with Crippen LogP contribution in [0.1, 0.15) is 30.5 Å². The zero-order valence-electron chi connectivity index (χ0n) is 11.8. The third-order valence-electron chi connectivity index (χ3n) is 2.88. The van der Waals surface area contributed by atoms with E-state index in [0.717, 1.165) is 5.56 Å². The van der Waals surface area contributed by atoms with Crippen LogP contribution < -0.4 is 5.32 Å². The maximum absolute atomic E-state index is 12.5. The summed E-state index contributed by atoms with van der Waals surface area (Å²) in [7, 11) is 0. The van der Waals surface area contributed by atoms with Crippen LogP contribution in [0, 0.1) is 6.92 Å². The predicted molar refractivity (Wildman–Crippen MR) is 70.8 cm³/mol. The average Bonchev–Trinajstić information content (AvgIpc) is 2.38. The van der Waals surface area contributed by atoms with Crippen molar-refractivity contribution in [3.05, 3.63) is 35.4 Å². The summed E-state index contributed by atoms with van der Waals surface area (Å²) in [6.07, 6.45) is -8.76. The minimum absolute atomic E-state index is 0.105. The Hall–Kier alpha value is -1.76. The van der Waals surface area contributed by atoms with E-state index in [1.54, 1.807) is 31.2 Å². The Morgan fingerprint density at radius 1 is 1.33 bits per heavy atom. The van der Waals surface area contributed by atoms with Crippen LogP contribution in [0.2, 0.25) is 0 Å². The van der Waals surface area contributed by atoms with E-state index in [1.165, 1.54) is 0 Å².